The summed E-state index contributed by atoms with van der Waals surface area (Å²) in [6.07, 6.45) is 2.72. The molecule has 1 saturated heterocycles. The van der Waals surface area contributed by atoms with Crippen molar-refractivity contribution in [1.82, 2.24) is 29.5 Å². The lowest BCUT2D eigenvalue weighted by Crippen LogP contribution is -2.44. The second kappa shape index (κ2) is 5.48. The number of nitrogens with zero attached hydrogens (tertiary/aromatic N) is 5. The van der Waals surface area contributed by atoms with Crippen molar-refractivity contribution in [3.05, 3.63) is 30.7 Å². The number of hydrogen-bond acceptors (Lipinski definition) is 5. The number of H-pyrrole nitrogens is 1. The molecule has 1 aliphatic rings. The predicted molar refractivity (Wildman–Crippen MR) is 80.0 cm³/mol. The Kier molecular flexibility index (Phi) is 3.41. The number of amides is 1. The molecule has 1 radical (unpaired) electrons. The van der Waals surface area contributed by atoms with Crippen molar-refractivity contribution in [1.29, 1.82) is 0 Å². The Morgan fingerprint density at radius 3 is 3.04 bits per heavy atom. The van der Waals surface area contributed by atoms with E-state index in [2.05, 4.69) is 20.2 Å². The standard InChI is InChI=1S/C14H14F2N7O/c15-10(16)6-22-7(12(17)24)1-2-9(22)14-21-20-11-5-19-13-8(23(11)14)3-4-18-13/h1,3-5,7,9-10,18H,2,6H2,(H2,17,24)/t7?,9-/m1/s1. The van der Waals surface area contributed by atoms with E-state index in [1.54, 1.807) is 23.2 Å². The molecule has 0 aliphatic carbocycles. The average Bonchev–Trinajstić information content (AvgIpc) is 3.22. The summed E-state index contributed by atoms with van der Waals surface area (Å²) >= 11 is 0. The number of halogens is 2. The largest absolute Gasteiger partial charge is 0.368 e. The Balaban J connectivity index is 1.83. The van der Waals surface area contributed by atoms with Crippen LogP contribution in [-0.2, 0) is 4.79 Å². The predicted octanol–water partition coefficient (Wildman–Crippen LogP) is 0.676. The van der Waals surface area contributed by atoms with Crippen LogP contribution in [0.5, 0.6) is 0 Å². The summed E-state index contributed by atoms with van der Waals surface area (Å²) in [6.45, 7) is -0.564. The summed E-state index contributed by atoms with van der Waals surface area (Å²) in [7, 11) is 0. The molecule has 3 aromatic rings. The molecule has 3 N–H and O–H groups in total. The van der Waals surface area contributed by atoms with Gasteiger partial charge in [0.15, 0.2) is 17.1 Å². The summed E-state index contributed by atoms with van der Waals surface area (Å²) in [6, 6.07) is 0.455. The first-order valence-corrected chi connectivity index (χ1v) is 7.40. The number of likely N-dealkylation sites (tertiary alicyclic amines) is 1. The van der Waals surface area contributed by atoms with E-state index in [0.29, 0.717) is 23.5 Å². The number of carbonyl (C=O) groups excluding carboxylic acids is 1. The van der Waals surface area contributed by atoms with E-state index in [-0.39, 0.29) is 0 Å². The Labute approximate surface area is 134 Å². The Morgan fingerprint density at radius 2 is 2.29 bits per heavy atom. The van der Waals surface area contributed by atoms with Crippen LogP contribution in [-0.4, -0.2) is 54.4 Å². The van der Waals surface area contributed by atoms with Crippen molar-refractivity contribution in [2.75, 3.05) is 6.54 Å². The first kappa shape index (κ1) is 14.9. The summed E-state index contributed by atoms with van der Waals surface area (Å²) < 4.78 is 27.7. The molecule has 1 amide bonds. The van der Waals surface area contributed by atoms with Crippen LogP contribution >= 0.6 is 0 Å². The van der Waals surface area contributed by atoms with Gasteiger partial charge in [0.2, 0.25) is 5.91 Å². The quantitative estimate of drug-likeness (QED) is 0.730. The van der Waals surface area contributed by atoms with Gasteiger partial charge in [0.1, 0.15) is 0 Å². The monoisotopic (exact) mass is 334 g/mol. The van der Waals surface area contributed by atoms with Gasteiger partial charge in [-0.05, 0) is 18.9 Å². The number of aromatic amines is 1. The lowest BCUT2D eigenvalue weighted by atomic mass is 10.2. The third-order valence-corrected chi connectivity index (χ3v) is 4.25. The second-order valence-corrected chi connectivity index (χ2v) is 5.64. The highest BCUT2D eigenvalue weighted by Crippen LogP contribution is 2.35. The minimum absolute atomic E-state index is 0.384. The van der Waals surface area contributed by atoms with Crippen LogP contribution in [0.4, 0.5) is 8.78 Å². The Bertz CT molecular complexity index is 905. The summed E-state index contributed by atoms with van der Waals surface area (Å²) in [5.41, 5.74) is 7.24. The van der Waals surface area contributed by atoms with Gasteiger partial charge >= 0.3 is 0 Å². The van der Waals surface area contributed by atoms with Crippen LogP contribution in [0.1, 0.15) is 18.3 Å². The van der Waals surface area contributed by atoms with Gasteiger partial charge in [-0.3, -0.25) is 14.1 Å². The molecular formula is C14H14F2N7O. The molecule has 0 saturated carbocycles. The molecule has 8 nitrogen and oxygen atoms in total. The molecule has 2 atom stereocenters. The molecule has 0 aromatic carbocycles. The highest BCUT2D eigenvalue weighted by atomic mass is 19.3. The maximum Gasteiger partial charge on any atom is 0.251 e. The number of fused-ring (bicyclic) bond motifs is 3. The number of primary amides is 1. The lowest BCUT2D eigenvalue weighted by Gasteiger charge is -2.27. The smallest absolute Gasteiger partial charge is 0.251 e. The molecule has 1 unspecified atom stereocenters. The van der Waals surface area contributed by atoms with Crippen molar-refractivity contribution in [2.24, 2.45) is 5.73 Å². The van der Waals surface area contributed by atoms with Gasteiger partial charge in [0.05, 0.1) is 30.3 Å². The molecule has 3 aromatic heterocycles. The zero-order valence-corrected chi connectivity index (χ0v) is 12.4. The van der Waals surface area contributed by atoms with Gasteiger partial charge in [-0.15, -0.1) is 10.2 Å². The fourth-order valence-corrected chi connectivity index (χ4v) is 3.27. The van der Waals surface area contributed by atoms with Crippen molar-refractivity contribution >= 4 is 22.7 Å². The van der Waals surface area contributed by atoms with Gasteiger partial charge in [0, 0.05) is 6.20 Å². The minimum Gasteiger partial charge on any atom is -0.368 e. The van der Waals surface area contributed by atoms with Crippen LogP contribution in [0.15, 0.2) is 18.5 Å². The first-order chi connectivity index (χ1) is 11.6. The van der Waals surface area contributed by atoms with Crippen LogP contribution in [0.3, 0.4) is 0 Å². The summed E-state index contributed by atoms with van der Waals surface area (Å²) in [5, 5.41) is 8.23. The van der Waals surface area contributed by atoms with Gasteiger partial charge < -0.3 is 10.7 Å². The van der Waals surface area contributed by atoms with Gasteiger partial charge in [-0.2, -0.15) is 0 Å². The van der Waals surface area contributed by atoms with Gasteiger partial charge in [0.25, 0.3) is 6.43 Å². The van der Waals surface area contributed by atoms with Gasteiger partial charge in [-0.25, -0.2) is 13.8 Å². The van der Waals surface area contributed by atoms with E-state index < -0.39 is 31.0 Å². The molecule has 0 bridgehead atoms. The maximum atomic E-state index is 13.0. The number of nitrogens with one attached hydrogen (secondary N) is 1. The average molecular weight is 334 g/mol. The number of aromatic nitrogens is 5. The molecular weight excluding hydrogens is 320 g/mol. The SMILES string of the molecule is NC(=O)C1[CH]C[C@H](c2nnc3cnc4[nH]ccc4n23)N1CC(F)F. The van der Waals surface area contributed by atoms with Gasteiger partial charge in [-0.1, -0.05) is 0 Å². The van der Waals surface area contributed by atoms with E-state index >= 15 is 0 Å². The first-order valence-electron chi connectivity index (χ1n) is 7.40. The van der Waals surface area contributed by atoms with E-state index in [1.807, 2.05) is 6.07 Å². The Morgan fingerprint density at radius 1 is 1.46 bits per heavy atom. The van der Waals surface area contributed by atoms with Crippen LogP contribution in [0, 0.1) is 6.42 Å². The van der Waals surface area contributed by atoms with Crippen LogP contribution < -0.4 is 5.73 Å². The molecule has 125 valence electrons. The third-order valence-electron chi connectivity index (χ3n) is 4.25. The van der Waals surface area contributed by atoms with Crippen LogP contribution in [0.2, 0.25) is 0 Å². The second-order valence-electron chi connectivity index (χ2n) is 5.64. The number of alkyl halides is 2. The number of carbonyl (C=O) groups is 1. The molecule has 0 spiro atoms. The topological polar surface area (TPSA) is 105 Å². The zero-order chi connectivity index (χ0) is 16.8. The normalized spacial score (nSPS) is 22.1. The number of hydrogen-bond donors (Lipinski definition) is 2. The molecule has 24 heavy (non-hydrogen) atoms. The fraction of sp³-hybridized carbons (Fsp3) is 0.357. The molecule has 4 rings (SSSR count). The Hall–Kier alpha value is -2.62. The summed E-state index contributed by atoms with van der Waals surface area (Å²) in [5.74, 6) is -0.168. The summed E-state index contributed by atoms with van der Waals surface area (Å²) in [4.78, 5) is 20.2. The van der Waals surface area contributed by atoms with Crippen molar-refractivity contribution < 1.29 is 13.6 Å². The van der Waals surface area contributed by atoms with E-state index in [9.17, 15) is 13.6 Å². The third kappa shape index (κ3) is 2.21. The lowest BCUT2D eigenvalue weighted by molar-refractivity contribution is -0.122. The number of nitrogens with two attached hydrogens (primary N) is 1. The van der Waals surface area contributed by atoms with E-state index in [0.717, 1.165) is 5.52 Å². The maximum absolute atomic E-state index is 13.0. The minimum atomic E-state index is -2.59. The fourth-order valence-electron chi connectivity index (χ4n) is 3.27. The highest BCUT2D eigenvalue weighted by Gasteiger charge is 2.41. The highest BCUT2D eigenvalue weighted by molar-refractivity contribution is 5.82. The van der Waals surface area contributed by atoms with E-state index in [1.165, 1.54) is 4.90 Å². The zero-order valence-electron chi connectivity index (χ0n) is 12.4. The van der Waals surface area contributed by atoms with Crippen LogP contribution in [0.25, 0.3) is 16.8 Å². The van der Waals surface area contributed by atoms with Crippen molar-refractivity contribution in [3.8, 4) is 0 Å². The number of rotatable bonds is 4. The van der Waals surface area contributed by atoms with Crippen molar-refractivity contribution in [2.45, 2.75) is 24.9 Å². The molecule has 4 heterocycles. The molecule has 10 heteroatoms. The van der Waals surface area contributed by atoms with Crippen molar-refractivity contribution in [3.63, 3.8) is 0 Å². The van der Waals surface area contributed by atoms with E-state index in [4.69, 9.17) is 5.73 Å². The molecule has 1 fully saturated rings. The molecule has 1 aliphatic heterocycles.